The topological polar surface area (TPSA) is 127 Å². The van der Waals surface area contributed by atoms with Crippen LogP contribution in [0, 0.1) is 5.82 Å². The van der Waals surface area contributed by atoms with Crippen LogP contribution in [-0.4, -0.2) is 38.7 Å². The van der Waals surface area contributed by atoms with Gasteiger partial charge in [-0.1, -0.05) is 0 Å². The van der Waals surface area contributed by atoms with Crippen LogP contribution in [0.1, 0.15) is 46.5 Å². The molecule has 1 saturated carbocycles. The first-order valence-electron chi connectivity index (χ1n) is 12.0. The van der Waals surface area contributed by atoms with Crippen LogP contribution in [0.15, 0.2) is 48.8 Å². The van der Waals surface area contributed by atoms with Crippen LogP contribution in [0.3, 0.4) is 0 Å². The zero-order valence-electron chi connectivity index (χ0n) is 20.7. The average molecular weight is 494 g/mol. The Balaban J connectivity index is 1.39. The van der Waals surface area contributed by atoms with E-state index in [0.717, 1.165) is 25.7 Å². The van der Waals surface area contributed by atoms with Gasteiger partial charge in [0.15, 0.2) is 0 Å². The molecular weight excluding hydrogens is 461 g/mol. The van der Waals surface area contributed by atoms with E-state index in [-0.39, 0.29) is 23.9 Å². The first-order chi connectivity index (χ1) is 17.2. The number of carbonyl (C=O) groups excluding carboxylic acids is 1. The maximum atomic E-state index is 14.3. The number of nitrogen functional groups attached to an aromatic ring is 1. The van der Waals surface area contributed by atoms with Crippen molar-refractivity contribution in [2.24, 2.45) is 0 Å². The third-order valence-corrected chi connectivity index (χ3v) is 5.77. The van der Waals surface area contributed by atoms with Crippen molar-refractivity contribution in [3.63, 3.8) is 0 Å². The molecule has 9 nitrogen and oxygen atoms in total. The molecule has 190 valence electrons. The number of carbonyl (C=O) groups is 1. The van der Waals surface area contributed by atoms with Crippen molar-refractivity contribution in [3.05, 3.63) is 54.6 Å². The van der Waals surface area contributed by atoms with Crippen molar-refractivity contribution in [2.45, 2.75) is 64.1 Å². The fourth-order valence-electron chi connectivity index (χ4n) is 4.09. The number of nitrogens with one attached hydrogen (secondary N) is 3. The number of ether oxygens (including phenoxy) is 1. The molecule has 36 heavy (non-hydrogen) atoms. The number of nitrogens with zero attached hydrogens (tertiary/aromatic N) is 3. The second-order valence-electron chi connectivity index (χ2n) is 9.87. The quantitative estimate of drug-likeness (QED) is 0.343. The summed E-state index contributed by atoms with van der Waals surface area (Å²) < 4.78 is 19.7. The highest BCUT2D eigenvalue weighted by molar-refractivity contribution is 5.76. The summed E-state index contributed by atoms with van der Waals surface area (Å²) in [7, 11) is 0. The molecule has 0 spiro atoms. The van der Waals surface area contributed by atoms with E-state index in [1.165, 1.54) is 6.07 Å². The van der Waals surface area contributed by atoms with Gasteiger partial charge in [0, 0.05) is 35.7 Å². The molecule has 1 fully saturated rings. The molecule has 2 aromatic heterocycles. The van der Waals surface area contributed by atoms with Crippen LogP contribution in [0.2, 0.25) is 0 Å². The lowest BCUT2D eigenvalue weighted by Crippen LogP contribution is -2.42. The minimum absolute atomic E-state index is 0.0860. The molecule has 0 atom stereocenters. The van der Waals surface area contributed by atoms with E-state index in [0.29, 0.717) is 28.7 Å². The molecule has 1 aliphatic rings. The Morgan fingerprint density at radius 1 is 1.06 bits per heavy atom. The van der Waals surface area contributed by atoms with E-state index >= 15 is 0 Å². The standard InChI is InChI=1S/C26H32FN7O2/c1-26(2,3)36-25(35)32-18-9-7-17(8-10-18)31-24-30-14-12-21(34-24)19-5-4-13-29-23(19)33-22-11-6-16(28)15-20(22)27/h4-6,11-15,17-18H,7-10,28H2,1-3H3,(H,29,33)(H,32,35)(H,30,31,34). The molecule has 2 heterocycles. The fourth-order valence-corrected chi connectivity index (χ4v) is 4.09. The normalized spacial score (nSPS) is 17.8. The zero-order chi connectivity index (χ0) is 25.7. The molecule has 3 aromatic rings. The summed E-state index contributed by atoms with van der Waals surface area (Å²) in [5.74, 6) is 0.512. The van der Waals surface area contributed by atoms with Gasteiger partial charge in [-0.2, -0.15) is 0 Å². The lowest BCUT2D eigenvalue weighted by Gasteiger charge is -2.30. The number of nitrogens with two attached hydrogens (primary N) is 1. The van der Waals surface area contributed by atoms with E-state index in [4.69, 9.17) is 10.5 Å². The molecular formula is C26H32FN7O2. The van der Waals surface area contributed by atoms with Crippen molar-refractivity contribution >= 4 is 29.2 Å². The van der Waals surface area contributed by atoms with E-state index in [1.807, 2.05) is 26.8 Å². The first-order valence-corrected chi connectivity index (χ1v) is 12.0. The smallest absolute Gasteiger partial charge is 0.407 e. The number of hydrogen-bond acceptors (Lipinski definition) is 8. The number of aromatic nitrogens is 3. The summed E-state index contributed by atoms with van der Waals surface area (Å²) >= 11 is 0. The molecule has 1 amide bonds. The molecule has 10 heteroatoms. The number of hydrogen-bond donors (Lipinski definition) is 4. The number of rotatable bonds is 6. The fraction of sp³-hybridized carbons (Fsp3) is 0.385. The van der Waals surface area contributed by atoms with Gasteiger partial charge in [-0.05, 0) is 82.9 Å². The van der Waals surface area contributed by atoms with Crippen molar-refractivity contribution in [1.29, 1.82) is 0 Å². The Morgan fingerprint density at radius 2 is 1.81 bits per heavy atom. The molecule has 0 radical (unpaired) electrons. The lowest BCUT2D eigenvalue weighted by molar-refractivity contribution is 0.0492. The zero-order valence-corrected chi connectivity index (χ0v) is 20.7. The number of anilines is 4. The van der Waals surface area contributed by atoms with Gasteiger partial charge in [0.2, 0.25) is 5.95 Å². The molecule has 1 aromatic carbocycles. The lowest BCUT2D eigenvalue weighted by atomic mass is 9.91. The number of alkyl carbamates (subject to hydrolysis) is 1. The summed E-state index contributed by atoms with van der Waals surface area (Å²) in [6.45, 7) is 5.55. The molecule has 0 saturated heterocycles. The largest absolute Gasteiger partial charge is 0.444 e. The highest BCUT2D eigenvalue weighted by Gasteiger charge is 2.25. The Kier molecular flexibility index (Phi) is 7.52. The third-order valence-electron chi connectivity index (χ3n) is 5.77. The van der Waals surface area contributed by atoms with Crippen molar-refractivity contribution in [1.82, 2.24) is 20.3 Å². The van der Waals surface area contributed by atoms with Crippen molar-refractivity contribution in [2.75, 3.05) is 16.4 Å². The van der Waals surface area contributed by atoms with Gasteiger partial charge in [0.05, 0.1) is 11.4 Å². The number of halogens is 1. The van der Waals surface area contributed by atoms with Crippen molar-refractivity contribution < 1.29 is 13.9 Å². The van der Waals surface area contributed by atoms with Gasteiger partial charge >= 0.3 is 6.09 Å². The van der Waals surface area contributed by atoms with Gasteiger partial charge in [0.1, 0.15) is 17.2 Å². The number of pyridine rings is 1. The predicted octanol–water partition coefficient (Wildman–Crippen LogP) is 5.25. The second kappa shape index (κ2) is 10.8. The molecule has 1 aliphatic carbocycles. The number of benzene rings is 1. The first kappa shape index (κ1) is 25.2. The summed E-state index contributed by atoms with van der Waals surface area (Å²) in [5, 5.41) is 9.40. The molecule has 0 bridgehead atoms. The Morgan fingerprint density at radius 3 is 2.53 bits per heavy atom. The molecule has 0 unspecified atom stereocenters. The van der Waals surface area contributed by atoms with E-state index in [2.05, 4.69) is 30.9 Å². The molecule has 4 rings (SSSR count). The predicted molar refractivity (Wildman–Crippen MR) is 138 cm³/mol. The van der Waals surface area contributed by atoms with Gasteiger partial charge < -0.3 is 26.4 Å². The second-order valence-corrected chi connectivity index (χ2v) is 9.87. The average Bonchev–Trinajstić information content (AvgIpc) is 2.81. The van der Waals surface area contributed by atoms with E-state index < -0.39 is 11.4 Å². The summed E-state index contributed by atoms with van der Waals surface area (Å²) in [5.41, 5.74) is 7.12. The SMILES string of the molecule is CC(C)(C)OC(=O)NC1CCC(Nc2nccc(-c3cccnc3Nc3ccc(N)cc3F)n2)CC1. The Labute approximate surface area is 210 Å². The van der Waals surface area contributed by atoms with Crippen LogP contribution in [0.5, 0.6) is 0 Å². The van der Waals surface area contributed by atoms with Crippen LogP contribution in [-0.2, 0) is 4.74 Å². The van der Waals surface area contributed by atoms with Crippen LogP contribution in [0.4, 0.5) is 32.3 Å². The maximum absolute atomic E-state index is 14.3. The highest BCUT2D eigenvalue weighted by Crippen LogP contribution is 2.29. The van der Waals surface area contributed by atoms with Gasteiger partial charge in [0.25, 0.3) is 0 Å². The van der Waals surface area contributed by atoms with Gasteiger partial charge in [-0.15, -0.1) is 0 Å². The molecule has 0 aliphatic heterocycles. The third kappa shape index (κ3) is 6.80. The summed E-state index contributed by atoms with van der Waals surface area (Å²) in [4.78, 5) is 25.5. The minimum atomic E-state index is -0.516. The van der Waals surface area contributed by atoms with Crippen LogP contribution < -0.4 is 21.7 Å². The van der Waals surface area contributed by atoms with Crippen LogP contribution in [0.25, 0.3) is 11.3 Å². The maximum Gasteiger partial charge on any atom is 0.407 e. The van der Waals surface area contributed by atoms with E-state index in [1.54, 1.807) is 36.7 Å². The van der Waals surface area contributed by atoms with Gasteiger partial charge in [-0.3, -0.25) is 0 Å². The van der Waals surface area contributed by atoms with Crippen LogP contribution >= 0.6 is 0 Å². The summed E-state index contributed by atoms with van der Waals surface area (Å²) in [6, 6.07) is 10.2. The Bertz CT molecular complexity index is 1210. The Hall–Kier alpha value is -3.95. The summed E-state index contributed by atoms with van der Waals surface area (Å²) in [6.07, 6.45) is 6.33. The highest BCUT2D eigenvalue weighted by atomic mass is 19.1. The molecule has 5 N–H and O–H groups in total. The minimum Gasteiger partial charge on any atom is -0.444 e. The van der Waals surface area contributed by atoms with Gasteiger partial charge in [-0.25, -0.2) is 24.1 Å². The van der Waals surface area contributed by atoms with E-state index in [9.17, 15) is 9.18 Å². The number of amides is 1. The monoisotopic (exact) mass is 493 g/mol. The van der Waals surface area contributed by atoms with Crippen molar-refractivity contribution in [3.8, 4) is 11.3 Å².